The molecule has 1 aliphatic rings. The van der Waals surface area contributed by atoms with Crippen LogP contribution in [0, 0.1) is 15.9 Å². The Morgan fingerprint density at radius 3 is 2.53 bits per heavy atom. The van der Waals surface area contributed by atoms with Gasteiger partial charge in [0.2, 0.25) is 5.75 Å². The highest BCUT2D eigenvalue weighted by Crippen LogP contribution is 2.30. The van der Waals surface area contributed by atoms with Gasteiger partial charge in [0.15, 0.2) is 12.4 Å². The van der Waals surface area contributed by atoms with E-state index in [9.17, 15) is 32.5 Å². The van der Waals surface area contributed by atoms with Crippen LogP contribution in [0.5, 0.6) is 5.75 Å². The maximum atomic E-state index is 13.4. The van der Waals surface area contributed by atoms with Crippen molar-refractivity contribution < 1.29 is 32.0 Å². The molecular formula is C23H21F4N5O4. The second kappa shape index (κ2) is 10.3. The summed E-state index contributed by atoms with van der Waals surface area (Å²) in [7, 11) is 0. The number of rotatable bonds is 7. The van der Waals surface area contributed by atoms with Gasteiger partial charge in [0.25, 0.3) is 5.91 Å². The van der Waals surface area contributed by atoms with Crippen molar-refractivity contribution in [1.82, 2.24) is 19.6 Å². The van der Waals surface area contributed by atoms with Gasteiger partial charge in [-0.3, -0.25) is 19.8 Å². The summed E-state index contributed by atoms with van der Waals surface area (Å²) in [5.74, 6) is -1.29. The number of nitrogens with zero attached hydrogens (tertiary/aromatic N) is 5. The average molecular weight is 507 g/mol. The Morgan fingerprint density at radius 2 is 1.83 bits per heavy atom. The van der Waals surface area contributed by atoms with Crippen LogP contribution in [0.3, 0.4) is 0 Å². The predicted octanol–water partition coefficient (Wildman–Crippen LogP) is 3.94. The number of hydrogen-bond donors (Lipinski definition) is 0. The van der Waals surface area contributed by atoms with Crippen molar-refractivity contribution >= 4 is 11.6 Å². The smallest absolute Gasteiger partial charge is 0.416 e. The number of aromatic nitrogens is 2. The van der Waals surface area contributed by atoms with Crippen molar-refractivity contribution in [3.63, 3.8) is 0 Å². The topological polar surface area (TPSA) is 93.7 Å². The fraction of sp³-hybridized carbons (Fsp3) is 0.304. The summed E-state index contributed by atoms with van der Waals surface area (Å²) in [5.41, 5.74) is -0.413. The van der Waals surface area contributed by atoms with Gasteiger partial charge in [-0.15, -0.1) is 0 Å². The summed E-state index contributed by atoms with van der Waals surface area (Å²) in [4.78, 5) is 26.8. The number of ether oxygens (including phenoxy) is 1. The van der Waals surface area contributed by atoms with E-state index in [-0.39, 0.29) is 24.1 Å². The second-order valence-corrected chi connectivity index (χ2v) is 8.15. The third kappa shape index (κ3) is 5.97. The number of nitro groups is 1. The van der Waals surface area contributed by atoms with E-state index in [4.69, 9.17) is 4.74 Å². The van der Waals surface area contributed by atoms with Crippen LogP contribution < -0.4 is 4.74 Å². The molecule has 2 aromatic carbocycles. The van der Waals surface area contributed by atoms with E-state index in [0.717, 1.165) is 30.3 Å². The van der Waals surface area contributed by atoms with Crippen LogP contribution in [0.25, 0.3) is 0 Å². The molecule has 0 atom stereocenters. The molecule has 0 N–H and O–H groups in total. The molecule has 1 amide bonds. The highest BCUT2D eigenvalue weighted by Gasteiger charge is 2.31. The highest BCUT2D eigenvalue weighted by atomic mass is 19.4. The lowest BCUT2D eigenvalue weighted by atomic mass is 10.1. The first-order valence-corrected chi connectivity index (χ1v) is 10.9. The Bertz CT molecular complexity index is 1260. The Kier molecular flexibility index (Phi) is 7.20. The van der Waals surface area contributed by atoms with E-state index in [1.54, 1.807) is 11.0 Å². The van der Waals surface area contributed by atoms with Gasteiger partial charge in [0.05, 0.1) is 10.5 Å². The number of carbonyl (C=O) groups excluding carboxylic acids is 1. The van der Waals surface area contributed by atoms with Crippen molar-refractivity contribution in [3.8, 4) is 5.75 Å². The quantitative estimate of drug-likeness (QED) is 0.273. The van der Waals surface area contributed by atoms with Crippen LogP contribution in [0.1, 0.15) is 21.6 Å². The fourth-order valence-corrected chi connectivity index (χ4v) is 3.81. The molecule has 0 aliphatic carbocycles. The number of piperazine rings is 1. The number of alkyl halides is 3. The molecule has 0 saturated carbocycles. The van der Waals surface area contributed by atoms with Crippen molar-refractivity contribution in [3.05, 3.63) is 87.5 Å². The molecule has 3 aromatic rings. The number of halogens is 4. The van der Waals surface area contributed by atoms with Gasteiger partial charge < -0.3 is 9.64 Å². The number of nitro benzene ring substituents is 1. The molecule has 9 nitrogen and oxygen atoms in total. The molecule has 1 aliphatic heterocycles. The average Bonchev–Trinajstić information content (AvgIpc) is 3.31. The summed E-state index contributed by atoms with van der Waals surface area (Å²) in [6.45, 7) is 1.77. The van der Waals surface area contributed by atoms with E-state index in [0.29, 0.717) is 38.3 Å². The first kappa shape index (κ1) is 25.1. The number of benzene rings is 2. The van der Waals surface area contributed by atoms with Crippen LogP contribution in [0.4, 0.5) is 23.2 Å². The summed E-state index contributed by atoms with van der Waals surface area (Å²) < 4.78 is 58.8. The van der Waals surface area contributed by atoms with Gasteiger partial charge in [0, 0.05) is 51.1 Å². The van der Waals surface area contributed by atoms with Crippen molar-refractivity contribution in [1.29, 1.82) is 0 Å². The van der Waals surface area contributed by atoms with Crippen molar-refractivity contribution in [2.24, 2.45) is 0 Å². The Labute approximate surface area is 202 Å². The normalized spacial score (nSPS) is 14.6. The zero-order valence-corrected chi connectivity index (χ0v) is 18.8. The molecule has 190 valence electrons. The minimum absolute atomic E-state index is 0.138. The van der Waals surface area contributed by atoms with Gasteiger partial charge in [-0.25, -0.2) is 9.07 Å². The van der Waals surface area contributed by atoms with E-state index in [2.05, 4.69) is 5.10 Å². The molecule has 1 fully saturated rings. The molecule has 2 heterocycles. The van der Waals surface area contributed by atoms with E-state index in [1.807, 2.05) is 4.90 Å². The number of hydrogen-bond acceptors (Lipinski definition) is 6. The molecule has 0 spiro atoms. The first-order valence-electron chi connectivity index (χ1n) is 10.9. The zero-order chi connectivity index (χ0) is 25.9. The Morgan fingerprint density at radius 1 is 1.08 bits per heavy atom. The molecule has 0 radical (unpaired) electrons. The third-order valence-electron chi connectivity index (χ3n) is 5.65. The number of carbonyl (C=O) groups is 1. The zero-order valence-electron chi connectivity index (χ0n) is 18.8. The largest absolute Gasteiger partial charge is 0.464 e. The Balaban J connectivity index is 1.31. The maximum absolute atomic E-state index is 13.4. The predicted molar refractivity (Wildman–Crippen MR) is 119 cm³/mol. The van der Waals surface area contributed by atoms with Gasteiger partial charge in [-0.1, -0.05) is 18.2 Å². The minimum Gasteiger partial charge on any atom is -0.464 e. The molecule has 0 unspecified atom stereocenters. The molecule has 1 saturated heterocycles. The molecule has 4 rings (SSSR count). The van der Waals surface area contributed by atoms with Gasteiger partial charge >= 0.3 is 11.9 Å². The SMILES string of the molecule is O=C(c1ccn(COc2cc(F)ccc2[N+](=O)[O-])n1)N1CCN(Cc2cccc(C(F)(F)F)c2)CC1. The summed E-state index contributed by atoms with van der Waals surface area (Å²) >= 11 is 0. The second-order valence-electron chi connectivity index (χ2n) is 8.15. The monoisotopic (exact) mass is 507 g/mol. The Hall–Kier alpha value is -4.00. The summed E-state index contributed by atoms with van der Waals surface area (Å²) in [6.07, 6.45) is -2.94. The lowest BCUT2D eigenvalue weighted by Crippen LogP contribution is -2.48. The van der Waals surface area contributed by atoms with Gasteiger partial charge in [0.1, 0.15) is 5.82 Å². The van der Waals surface area contributed by atoms with Gasteiger partial charge in [-0.05, 0) is 23.8 Å². The lowest BCUT2D eigenvalue weighted by Gasteiger charge is -2.34. The van der Waals surface area contributed by atoms with Crippen LogP contribution in [-0.2, 0) is 19.5 Å². The summed E-state index contributed by atoms with van der Waals surface area (Å²) in [5, 5.41) is 15.2. The molecule has 13 heteroatoms. The van der Waals surface area contributed by atoms with Crippen molar-refractivity contribution in [2.75, 3.05) is 26.2 Å². The molecular weight excluding hydrogens is 486 g/mol. The third-order valence-corrected chi connectivity index (χ3v) is 5.65. The molecule has 1 aromatic heterocycles. The van der Waals surface area contributed by atoms with Crippen LogP contribution >= 0.6 is 0 Å². The first-order chi connectivity index (χ1) is 17.1. The number of amides is 1. The maximum Gasteiger partial charge on any atom is 0.416 e. The molecule has 36 heavy (non-hydrogen) atoms. The standard InChI is InChI=1S/C23H21F4N5O4/c24-18-4-5-20(32(34)35)21(13-18)36-15-31-7-6-19(28-31)22(33)30-10-8-29(9-11-30)14-16-2-1-3-17(12-16)23(25,26)27/h1-7,12-13H,8-11,14-15H2. The van der Waals surface area contributed by atoms with E-state index < -0.39 is 28.2 Å². The van der Waals surface area contributed by atoms with Crippen molar-refractivity contribution in [2.45, 2.75) is 19.5 Å². The van der Waals surface area contributed by atoms with Crippen LogP contribution in [0.2, 0.25) is 0 Å². The lowest BCUT2D eigenvalue weighted by molar-refractivity contribution is -0.386. The van der Waals surface area contributed by atoms with E-state index in [1.165, 1.54) is 23.0 Å². The highest BCUT2D eigenvalue weighted by molar-refractivity contribution is 5.92. The fourth-order valence-electron chi connectivity index (χ4n) is 3.81. The molecule has 0 bridgehead atoms. The van der Waals surface area contributed by atoms with Gasteiger partial charge in [-0.2, -0.15) is 18.3 Å². The van der Waals surface area contributed by atoms with Crippen LogP contribution in [-0.4, -0.2) is 56.6 Å². The summed E-state index contributed by atoms with van der Waals surface area (Å²) in [6, 6.07) is 9.50. The minimum atomic E-state index is -4.40. The van der Waals surface area contributed by atoms with Crippen LogP contribution in [0.15, 0.2) is 54.7 Å². The van der Waals surface area contributed by atoms with E-state index >= 15 is 0 Å².